The Morgan fingerprint density at radius 2 is 1.92 bits per heavy atom. The predicted octanol–water partition coefficient (Wildman–Crippen LogP) is 7.08. The SMILES string of the molecule is COc1c([C@@H](O)CC(C)C)ccc2c1C(=O)OCc1c(Cl)c(C)cc(OC(=O)C3(C)CCCCC3)c1O2. The highest BCUT2D eigenvalue weighted by Gasteiger charge is 2.38. The number of ether oxygens (including phenoxy) is 4. The fourth-order valence-electron chi connectivity index (χ4n) is 5.12. The molecular weight excluding hydrogens is 496 g/mol. The topological polar surface area (TPSA) is 91.3 Å². The van der Waals surface area contributed by atoms with Crippen molar-refractivity contribution < 1.29 is 33.6 Å². The number of esters is 2. The average molecular weight is 531 g/mol. The summed E-state index contributed by atoms with van der Waals surface area (Å²) in [6.07, 6.45) is 4.25. The van der Waals surface area contributed by atoms with Gasteiger partial charge in [-0.15, -0.1) is 0 Å². The second kappa shape index (κ2) is 10.9. The Morgan fingerprint density at radius 1 is 1.22 bits per heavy atom. The summed E-state index contributed by atoms with van der Waals surface area (Å²) in [7, 11) is 1.43. The Labute approximate surface area is 223 Å². The van der Waals surface area contributed by atoms with Crippen molar-refractivity contribution in [3.63, 3.8) is 0 Å². The van der Waals surface area contributed by atoms with Crippen molar-refractivity contribution in [2.75, 3.05) is 7.11 Å². The molecule has 1 atom stereocenters. The van der Waals surface area contributed by atoms with Crippen molar-refractivity contribution >= 4 is 23.5 Å². The van der Waals surface area contributed by atoms with Crippen LogP contribution in [0.15, 0.2) is 18.2 Å². The Morgan fingerprint density at radius 3 is 2.57 bits per heavy atom. The number of carbonyl (C=O) groups excluding carboxylic acids is 2. The smallest absolute Gasteiger partial charge is 0.346 e. The lowest BCUT2D eigenvalue weighted by molar-refractivity contribution is -0.146. The summed E-state index contributed by atoms with van der Waals surface area (Å²) < 4.78 is 23.4. The minimum absolute atomic E-state index is 0.0571. The van der Waals surface area contributed by atoms with Gasteiger partial charge in [-0.3, -0.25) is 4.79 Å². The third-order valence-electron chi connectivity index (χ3n) is 7.28. The molecule has 1 aliphatic carbocycles. The average Bonchev–Trinajstić information content (AvgIpc) is 2.84. The molecule has 0 unspecified atom stereocenters. The molecule has 2 aromatic rings. The fraction of sp³-hybridized carbons (Fsp3) is 0.517. The summed E-state index contributed by atoms with van der Waals surface area (Å²) in [6, 6.07) is 4.94. The van der Waals surface area contributed by atoms with Crippen LogP contribution in [0.4, 0.5) is 0 Å². The lowest BCUT2D eigenvalue weighted by Gasteiger charge is -2.31. The van der Waals surface area contributed by atoms with Crippen molar-refractivity contribution in [1.82, 2.24) is 0 Å². The second-order valence-electron chi connectivity index (χ2n) is 10.7. The molecule has 8 heteroatoms. The molecule has 1 fully saturated rings. The molecule has 37 heavy (non-hydrogen) atoms. The van der Waals surface area contributed by atoms with E-state index in [4.69, 9.17) is 30.5 Å². The first-order valence-electron chi connectivity index (χ1n) is 12.8. The molecule has 200 valence electrons. The Balaban J connectivity index is 1.79. The van der Waals surface area contributed by atoms with E-state index >= 15 is 0 Å². The molecule has 0 spiro atoms. The number of cyclic esters (lactones) is 1. The van der Waals surface area contributed by atoms with E-state index in [0.29, 0.717) is 28.1 Å². The van der Waals surface area contributed by atoms with E-state index in [1.165, 1.54) is 7.11 Å². The van der Waals surface area contributed by atoms with E-state index in [9.17, 15) is 14.7 Å². The summed E-state index contributed by atoms with van der Waals surface area (Å²) in [4.78, 5) is 26.4. The quantitative estimate of drug-likeness (QED) is 0.315. The van der Waals surface area contributed by atoms with Gasteiger partial charge in [-0.2, -0.15) is 0 Å². The summed E-state index contributed by atoms with van der Waals surface area (Å²) in [5.74, 6) is 0.0289. The summed E-state index contributed by atoms with van der Waals surface area (Å²) in [6.45, 7) is 7.55. The Hall–Kier alpha value is -2.77. The van der Waals surface area contributed by atoms with Crippen LogP contribution < -0.4 is 14.2 Å². The van der Waals surface area contributed by atoms with Gasteiger partial charge in [-0.05, 0) is 62.8 Å². The zero-order valence-corrected chi connectivity index (χ0v) is 22.9. The number of aryl methyl sites for hydroxylation is 1. The molecule has 1 heterocycles. The van der Waals surface area contributed by atoms with Gasteiger partial charge in [0.05, 0.1) is 29.2 Å². The van der Waals surface area contributed by atoms with Gasteiger partial charge in [-0.1, -0.05) is 44.7 Å². The summed E-state index contributed by atoms with van der Waals surface area (Å²) in [5, 5.41) is 11.2. The van der Waals surface area contributed by atoms with Gasteiger partial charge in [0.2, 0.25) is 0 Å². The molecule has 1 aliphatic heterocycles. The number of carbonyl (C=O) groups is 2. The first kappa shape index (κ1) is 27.3. The number of hydrogen-bond acceptors (Lipinski definition) is 7. The number of halogens is 1. The van der Waals surface area contributed by atoms with E-state index in [1.54, 1.807) is 25.1 Å². The number of aliphatic hydroxyl groups excluding tert-OH is 1. The number of rotatable bonds is 6. The van der Waals surface area contributed by atoms with Crippen LogP contribution in [0.1, 0.15) is 92.4 Å². The standard InChI is InChI=1S/C29H35ClO7/c1-16(2)13-20(31)18-9-10-21-23(26(18)34-5)27(32)35-15-19-24(30)17(3)14-22(25(19)36-21)37-28(33)29(4)11-7-6-8-12-29/h9-10,14,16,20,31H,6-8,11-13,15H2,1-5H3/t20-/m0/s1. The third-order valence-corrected chi connectivity index (χ3v) is 7.81. The van der Waals surface area contributed by atoms with Gasteiger partial charge in [-0.25, -0.2) is 4.79 Å². The molecule has 1 N–H and O–H groups in total. The van der Waals surface area contributed by atoms with Crippen LogP contribution in [0.25, 0.3) is 0 Å². The highest BCUT2D eigenvalue weighted by molar-refractivity contribution is 6.32. The first-order chi connectivity index (χ1) is 17.6. The van der Waals surface area contributed by atoms with Crippen LogP contribution in [0.3, 0.4) is 0 Å². The fourth-order valence-corrected chi connectivity index (χ4v) is 5.32. The van der Waals surface area contributed by atoms with E-state index < -0.39 is 17.5 Å². The molecule has 7 nitrogen and oxygen atoms in total. The maximum Gasteiger partial charge on any atom is 0.346 e. The van der Waals surface area contributed by atoms with Crippen molar-refractivity contribution in [3.05, 3.63) is 45.5 Å². The van der Waals surface area contributed by atoms with Gasteiger partial charge < -0.3 is 24.1 Å². The monoisotopic (exact) mass is 530 g/mol. The van der Waals surface area contributed by atoms with Crippen LogP contribution in [-0.4, -0.2) is 24.2 Å². The van der Waals surface area contributed by atoms with E-state index in [1.807, 2.05) is 20.8 Å². The van der Waals surface area contributed by atoms with Crippen molar-refractivity contribution in [1.29, 1.82) is 0 Å². The van der Waals surface area contributed by atoms with Crippen molar-refractivity contribution in [2.24, 2.45) is 11.3 Å². The Kier molecular flexibility index (Phi) is 8.05. The zero-order chi connectivity index (χ0) is 26.9. The van der Waals surface area contributed by atoms with Crippen LogP contribution in [-0.2, 0) is 16.1 Å². The Bertz CT molecular complexity index is 1200. The highest BCUT2D eigenvalue weighted by Crippen LogP contribution is 2.47. The van der Waals surface area contributed by atoms with Crippen LogP contribution in [0.5, 0.6) is 23.0 Å². The van der Waals surface area contributed by atoms with Crippen LogP contribution >= 0.6 is 11.6 Å². The number of aliphatic hydroxyl groups is 1. The summed E-state index contributed by atoms with van der Waals surface area (Å²) in [5.41, 5.74) is 1.04. The largest absolute Gasteiger partial charge is 0.495 e. The maximum absolute atomic E-state index is 13.3. The van der Waals surface area contributed by atoms with Crippen molar-refractivity contribution in [3.8, 4) is 23.0 Å². The summed E-state index contributed by atoms with van der Waals surface area (Å²) >= 11 is 6.60. The highest BCUT2D eigenvalue weighted by atomic mass is 35.5. The third kappa shape index (κ3) is 5.43. The second-order valence-corrected chi connectivity index (χ2v) is 11.1. The van der Waals surface area contributed by atoms with Crippen molar-refractivity contribution in [2.45, 2.75) is 78.9 Å². The van der Waals surface area contributed by atoms with E-state index in [-0.39, 0.29) is 47.1 Å². The van der Waals surface area contributed by atoms with E-state index in [0.717, 1.165) is 32.1 Å². The molecule has 4 rings (SSSR count). The molecular formula is C29H35ClO7. The number of hydrogen-bond donors (Lipinski definition) is 1. The van der Waals surface area contributed by atoms with Gasteiger partial charge >= 0.3 is 11.9 Å². The van der Waals surface area contributed by atoms with Gasteiger partial charge in [0.25, 0.3) is 0 Å². The molecule has 0 amide bonds. The lowest BCUT2D eigenvalue weighted by Crippen LogP contribution is -2.34. The van der Waals surface area contributed by atoms with Crippen LogP contribution in [0, 0.1) is 18.3 Å². The van der Waals surface area contributed by atoms with Gasteiger partial charge in [0, 0.05) is 5.56 Å². The number of methoxy groups -OCH3 is 1. The number of benzene rings is 2. The van der Waals surface area contributed by atoms with Gasteiger partial charge in [0.15, 0.2) is 11.5 Å². The minimum atomic E-state index is -0.837. The number of fused-ring (bicyclic) bond motifs is 2. The maximum atomic E-state index is 13.3. The van der Waals surface area contributed by atoms with Gasteiger partial charge in [0.1, 0.15) is 23.7 Å². The predicted molar refractivity (Wildman–Crippen MR) is 140 cm³/mol. The molecule has 2 aromatic carbocycles. The van der Waals surface area contributed by atoms with E-state index in [2.05, 4.69) is 0 Å². The zero-order valence-electron chi connectivity index (χ0n) is 22.1. The minimum Gasteiger partial charge on any atom is -0.495 e. The van der Waals surface area contributed by atoms with Crippen LogP contribution in [0.2, 0.25) is 5.02 Å². The molecule has 1 saturated carbocycles. The first-order valence-corrected chi connectivity index (χ1v) is 13.2. The molecule has 0 bridgehead atoms. The molecule has 0 saturated heterocycles. The lowest BCUT2D eigenvalue weighted by atomic mass is 9.76. The molecule has 2 aliphatic rings. The normalized spacial score (nSPS) is 17.5. The molecule has 0 radical (unpaired) electrons. The molecule has 0 aromatic heterocycles.